The van der Waals surface area contributed by atoms with Crippen molar-refractivity contribution in [1.29, 1.82) is 0 Å². The zero-order chi connectivity index (χ0) is 16.7. The Kier molecular flexibility index (Phi) is 4.42. The molecule has 0 radical (unpaired) electrons. The number of hydrogen-bond acceptors (Lipinski definition) is 7. The summed E-state index contributed by atoms with van der Waals surface area (Å²) in [5.74, 6) is 1.39. The highest BCUT2D eigenvalue weighted by Gasteiger charge is 2.40. The molecule has 0 spiro atoms. The number of nitrogens with one attached hydrogen (secondary N) is 4. The van der Waals surface area contributed by atoms with E-state index in [0.29, 0.717) is 17.6 Å². The Balaban J connectivity index is 1.61. The molecule has 4 unspecified atom stereocenters. The van der Waals surface area contributed by atoms with E-state index in [1.165, 1.54) is 0 Å². The lowest BCUT2D eigenvalue weighted by molar-refractivity contribution is -0.0304. The molecule has 0 aromatic carbocycles. The topological polar surface area (TPSA) is 99.8 Å². The van der Waals surface area contributed by atoms with Gasteiger partial charge in [-0.05, 0) is 48.5 Å². The third-order valence-corrected chi connectivity index (χ3v) is 5.36. The first-order valence-electron chi connectivity index (χ1n) is 8.36. The maximum atomic E-state index is 6.20. The molecular formula is C15H22BrN7O. The summed E-state index contributed by atoms with van der Waals surface area (Å²) in [4.78, 5) is 8.64. The molecule has 0 amide bonds. The standard InChI is InChI=1S/C15H22BrN7O/c1-7(2)24-11-4-9-8(5-19-21-9)3-10(11)20-14-12-13(16)22-23-15(12)18-6-17-14/h6-11,19,21H,3-5H2,1-2H3,(H2,17,18,20,22,23). The predicted octanol–water partition coefficient (Wildman–Crippen LogP) is 1.58. The number of aromatic amines is 1. The van der Waals surface area contributed by atoms with Crippen molar-refractivity contribution >= 4 is 32.8 Å². The molecule has 0 bridgehead atoms. The number of nitrogens with zero attached hydrogens (tertiary/aromatic N) is 3. The van der Waals surface area contributed by atoms with E-state index >= 15 is 0 Å². The van der Waals surface area contributed by atoms with Crippen LogP contribution in [0.5, 0.6) is 0 Å². The summed E-state index contributed by atoms with van der Waals surface area (Å²) in [6.07, 6.45) is 3.88. The third-order valence-electron chi connectivity index (χ3n) is 4.79. The smallest absolute Gasteiger partial charge is 0.187 e. The zero-order valence-electron chi connectivity index (χ0n) is 13.7. The van der Waals surface area contributed by atoms with Gasteiger partial charge in [0.1, 0.15) is 16.7 Å². The molecule has 24 heavy (non-hydrogen) atoms. The van der Waals surface area contributed by atoms with Crippen LogP contribution in [0.2, 0.25) is 0 Å². The Hall–Kier alpha value is -1.29. The SMILES string of the molecule is CC(C)OC1CC2NNCC2CC1Nc1ncnc2n[nH]c(Br)c12. The lowest BCUT2D eigenvalue weighted by atomic mass is 9.81. The van der Waals surface area contributed by atoms with E-state index in [9.17, 15) is 0 Å². The van der Waals surface area contributed by atoms with Crippen LogP contribution in [0, 0.1) is 5.92 Å². The van der Waals surface area contributed by atoms with E-state index in [2.05, 4.69) is 66.1 Å². The van der Waals surface area contributed by atoms with Gasteiger partial charge in [-0.15, -0.1) is 0 Å². The summed E-state index contributed by atoms with van der Waals surface area (Å²) >= 11 is 3.49. The second kappa shape index (κ2) is 6.55. The van der Waals surface area contributed by atoms with Crippen LogP contribution in [-0.2, 0) is 4.74 Å². The first kappa shape index (κ1) is 16.2. The average Bonchev–Trinajstić information content (AvgIpc) is 3.14. The number of aromatic nitrogens is 4. The van der Waals surface area contributed by atoms with Crippen LogP contribution < -0.4 is 16.2 Å². The van der Waals surface area contributed by atoms with Crippen molar-refractivity contribution in [2.45, 2.75) is 51.0 Å². The van der Waals surface area contributed by atoms with E-state index < -0.39 is 0 Å². The van der Waals surface area contributed by atoms with Crippen molar-refractivity contribution in [3.8, 4) is 0 Å². The third kappa shape index (κ3) is 3.01. The molecule has 2 aliphatic rings. The fourth-order valence-electron chi connectivity index (χ4n) is 3.73. The maximum absolute atomic E-state index is 6.20. The van der Waals surface area contributed by atoms with Gasteiger partial charge in [0.15, 0.2) is 5.65 Å². The zero-order valence-corrected chi connectivity index (χ0v) is 15.3. The Labute approximate surface area is 148 Å². The Morgan fingerprint density at radius 3 is 3.04 bits per heavy atom. The highest BCUT2D eigenvalue weighted by molar-refractivity contribution is 9.10. The van der Waals surface area contributed by atoms with E-state index in [1.54, 1.807) is 6.33 Å². The Morgan fingerprint density at radius 2 is 2.21 bits per heavy atom. The van der Waals surface area contributed by atoms with Gasteiger partial charge in [0, 0.05) is 12.6 Å². The van der Waals surface area contributed by atoms with E-state index in [0.717, 1.165) is 35.2 Å². The van der Waals surface area contributed by atoms with Gasteiger partial charge in [0.2, 0.25) is 0 Å². The van der Waals surface area contributed by atoms with E-state index in [4.69, 9.17) is 4.74 Å². The van der Waals surface area contributed by atoms with Crippen molar-refractivity contribution < 1.29 is 4.74 Å². The normalized spacial score (nSPS) is 30.0. The summed E-state index contributed by atoms with van der Waals surface area (Å²) in [5.41, 5.74) is 7.30. The molecular weight excluding hydrogens is 374 g/mol. The van der Waals surface area contributed by atoms with E-state index in [1.807, 2.05) is 0 Å². The number of H-pyrrole nitrogens is 1. The summed E-state index contributed by atoms with van der Waals surface area (Å²) in [7, 11) is 0. The van der Waals surface area contributed by atoms with Crippen LogP contribution in [0.1, 0.15) is 26.7 Å². The summed E-state index contributed by atoms with van der Waals surface area (Å²) in [5, 5.41) is 11.6. The van der Waals surface area contributed by atoms with Crippen molar-refractivity contribution in [2.24, 2.45) is 5.92 Å². The first-order valence-corrected chi connectivity index (χ1v) is 9.16. The van der Waals surface area contributed by atoms with Crippen molar-refractivity contribution in [1.82, 2.24) is 31.0 Å². The van der Waals surface area contributed by atoms with Crippen LogP contribution >= 0.6 is 15.9 Å². The van der Waals surface area contributed by atoms with Gasteiger partial charge in [-0.1, -0.05) is 0 Å². The van der Waals surface area contributed by atoms with Crippen LogP contribution in [0.3, 0.4) is 0 Å². The minimum Gasteiger partial charge on any atom is -0.373 e. The number of hydrogen-bond donors (Lipinski definition) is 4. The number of rotatable bonds is 4. The molecule has 4 rings (SSSR count). The van der Waals surface area contributed by atoms with Crippen LogP contribution in [0.4, 0.5) is 5.82 Å². The predicted molar refractivity (Wildman–Crippen MR) is 94.5 cm³/mol. The molecule has 4 atom stereocenters. The quantitative estimate of drug-likeness (QED) is 0.623. The number of anilines is 1. The molecule has 8 nitrogen and oxygen atoms in total. The molecule has 1 aliphatic carbocycles. The molecule has 2 fully saturated rings. The Morgan fingerprint density at radius 1 is 1.33 bits per heavy atom. The van der Waals surface area contributed by atoms with Gasteiger partial charge < -0.3 is 10.1 Å². The van der Waals surface area contributed by atoms with Gasteiger partial charge in [-0.25, -0.2) is 9.97 Å². The van der Waals surface area contributed by atoms with Gasteiger partial charge in [-0.3, -0.25) is 16.0 Å². The average molecular weight is 396 g/mol. The highest BCUT2D eigenvalue weighted by atomic mass is 79.9. The molecule has 1 saturated heterocycles. The lowest BCUT2D eigenvalue weighted by Gasteiger charge is -2.39. The number of halogens is 1. The molecule has 1 aliphatic heterocycles. The molecule has 2 aromatic rings. The van der Waals surface area contributed by atoms with Crippen LogP contribution in [0.25, 0.3) is 11.0 Å². The molecule has 3 heterocycles. The maximum Gasteiger partial charge on any atom is 0.187 e. The fourth-order valence-corrected chi connectivity index (χ4v) is 4.18. The number of ether oxygens (including phenoxy) is 1. The van der Waals surface area contributed by atoms with Gasteiger partial charge in [0.05, 0.1) is 23.6 Å². The van der Waals surface area contributed by atoms with Crippen molar-refractivity contribution in [3.63, 3.8) is 0 Å². The molecule has 2 aromatic heterocycles. The van der Waals surface area contributed by atoms with Gasteiger partial charge in [0.25, 0.3) is 0 Å². The lowest BCUT2D eigenvalue weighted by Crippen LogP contribution is -2.49. The fraction of sp³-hybridized carbons (Fsp3) is 0.667. The van der Waals surface area contributed by atoms with E-state index in [-0.39, 0.29) is 18.2 Å². The summed E-state index contributed by atoms with van der Waals surface area (Å²) in [6, 6.07) is 0.674. The van der Waals surface area contributed by atoms with Crippen LogP contribution in [-0.4, -0.2) is 51.0 Å². The molecule has 130 valence electrons. The summed E-state index contributed by atoms with van der Waals surface area (Å²) in [6.45, 7) is 5.16. The van der Waals surface area contributed by atoms with Gasteiger partial charge >= 0.3 is 0 Å². The second-order valence-electron chi connectivity index (χ2n) is 6.80. The minimum atomic E-state index is 0.134. The van der Waals surface area contributed by atoms with Gasteiger partial charge in [-0.2, -0.15) is 5.10 Å². The molecule has 4 N–H and O–H groups in total. The van der Waals surface area contributed by atoms with Crippen LogP contribution in [0.15, 0.2) is 10.9 Å². The van der Waals surface area contributed by atoms with Crippen molar-refractivity contribution in [3.05, 3.63) is 10.9 Å². The first-order chi connectivity index (χ1) is 11.6. The Bertz CT molecular complexity index is 721. The molecule has 9 heteroatoms. The molecule has 1 saturated carbocycles. The number of hydrazine groups is 1. The van der Waals surface area contributed by atoms with Crippen molar-refractivity contribution in [2.75, 3.05) is 11.9 Å². The minimum absolute atomic E-state index is 0.134. The summed E-state index contributed by atoms with van der Waals surface area (Å²) < 4.78 is 6.99. The number of fused-ring (bicyclic) bond motifs is 2. The monoisotopic (exact) mass is 395 g/mol. The second-order valence-corrected chi connectivity index (χ2v) is 7.59. The largest absolute Gasteiger partial charge is 0.373 e. The highest BCUT2D eigenvalue weighted by Crippen LogP contribution is 2.33.